The minimum absolute atomic E-state index is 0.793. The summed E-state index contributed by atoms with van der Waals surface area (Å²) >= 11 is 0. The topological polar surface area (TPSA) is 51.5 Å². The molecule has 0 spiro atoms. The van der Waals surface area contributed by atoms with E-state index >= 15 is 0 Å². The maximum absolute atomic E-state index is 5.39. The highest BCUT2D eigenvalue weighted by atomic mass is 16.5. The summed E-state index contributed by atoms with van der Waals surface area (Å²) in [7, 11) is 3.50. The van der Waals surface area contributed by atoms with Crippen molar-refractivity contribution in [1.29, 1.82) is 0 Å². The van der Waals surface area contributed by atoms with Gasteiger partial charge in [-0.05, 0) is 24.3 Å². The van der Waals surface area contributed by atoms with E-state index in [0.717, 1.165) is 28.5 Å². The summed E-state index contributed by atoms with van der Waals surface area (Å²) < 4.78 is 7.20. The molecule has 0 aliphatic heterocycles. The maximum atomic E-state index is 5.39. The summed E-state index contributed by atoms with van der Waals surface area (Å²) in [5.41, 5.74) is 2.68. The highest BCUT2D eigenvalue weighted by Gasteiger charge is 2.11. The molecule has 0 saturated heterocycles. The molecule has 5 heteroatoms. The van der Waals surface area contributed by atoms with Gasteiger partial charge in [0, 0.05) is 12.6 Å². The molecule has 0 bridgehead atoms. The number of imidazole rings is 1. The lowest BCUT2D eigenvalue weighted by molar-refractivity contribution is 0.416. The van der Waals surface area contributed by atoms with Crippen molar-refractivity contribution in [3.8, 4) is 17.0 Å². The van der Waals surface area contributed by atoms with E-state index in [9.17, 15) is 0 Å². The fraction of sp³-hybridized carbons (Fsp3) is 0.143. The molecular weight excluding hydrogens is 240 g/mol. The number of ether oxygens (including phenoxy) is 1. The van der Waals surface area contributed by atoms with Gasteiger partial charge in [0.15, 0.2) is 5.65 Å². The number of rotatable bonds is 3. The van der Waals surface area contributed by atoms with Gasteiger partial charge in [-0.1, -0.05) is 12.1 Å². The van der Waals surface area contributed by atoms with Gasteiger partial charge in [-0.25, -0.2) is 9.50 Å². The molecule has 1 N–H and O–H groups in total. The Balaban J connectivity index is 2.24. The van der Waals surface area contributed by atoms with Gasteiger partial charge >= 0.3 is 0 Å². The van der Waals surface area contributed by atoms with Crippen LogP contribution in [0.4, 0.5) is 5.82 Å². The molecule has 0 fully saturated rings. The molecule has 0 aliphatic carbocycles. The van der Waals surface area contributed by atoms with Gasteiger partial charge in [0.1, 0.15) is 11.6 Å². The summed E-state index contributed by atoms with van der Waals surface area (Å²) in [4.78, 5) is 4.36. The van der Waals surface area contributed by atoms with Crippen LogP contribution in [-0.4, -0.2) is 28.8 Å². The Hall–Kier alpha value is -2.56. The molecule has 0 amide bonds. The molecule has 0 aliphatic rings. The van der Waals surface area contributed by atoms with E-state index in [-0.39, 0.29) is 0 Å². The fourth-order valence-electron chi connectivity index (χ4n) is 2.05. The van der Waals surface area contributed by atoms with Gasteiger partial charge in [0.25, 0.3) is 0 Å². The van der Waals surface area contributed by atoms with Crippen molar-refractivity contribution >= 4 is 11.5 Å². The molecule has 0 unspecified atom stereocenters. The van der Waals surface area contributed by atoms with Gasteiger partial charge in [0.2, 0.25) is 0 Å². The van der Waals surface area contributed by atoms with E-state index < -0.39 is 0 Å². The van der Waals surface area contributed by atoms with Crippen LogP contribution in [0.5, 0.6) is 5.75 Å². The third-order valence-electron chi connectivity index (χ3n) is 3.00. The molecule has 1 aromatic carbocycles. The molecule has 96 valence electrons. The minimum atomic E-state index is 0.793. The Bertz CT molecular complexity index is 720. The first-order valence-electron chi connectivity index (χ1n) is 5.99. The molecule has 19 heavy (non-hydrogen) atoms. The molecule has 3 aromatic rings. The lowest BCUT2D eigenvalue weighted by atomic mass is 10.1. The summed E-state index contributed by atoms with van der Waals surface area (Å²) in [6, 6.07) is 11.7. The van der Waals surface area contributed by atoms with Crippen LogP contribution in [0.3, 0.4) is 0 Å². The highest BCUT2D eigenvalue weighted by molar-refractivity contribution is 5.69. The smallest absolute Gasteiger partial charge is 0.154 e. The zero-order valence-electron chi connectivity index (χ0n) is 10.8. The Kier molecular flexibility index (Phi) is 2.79. The summed E-state index contributed by atoms with van der Waals surface area (Å²) in [5, 5.41) is 7.52. The van der Waals surface area contributed by atoms with E-state index in [1.165, 1.54) is 0 Å². The van der Waals surface area contributed by atoms with E-state index in [1.54, 1.807) is 13.3 Å². The third-order valence-corrected chi connectivity index (χ3v) is 3.00. The largest absolute Gasteiger partial charge is 0.496 e. The van der Waals surface area contributed by atoms with Gasteiger partial charge < -0.3 is 10.1 Å². The van der Waals surface area contributed by atoms with Gasteiger partial charge in [-0.2, -0.15) is 0 Å². The SMILES string of the molecule is CNc1ccc2ncc(-c3ccccc3OC)n2n1. The van der Waals surface area contributed by atoms with Crippen LogP contribution in [-0.2, 0) is 0 Å². The van der Waals surface area contributed by atoms with Crippen molar-refractivity contribution in [1.82, 2.24) is 14.6 Å². The van der Waals surface area contributed by atoms with Crippen LogP contribution in [0.15, 0.2) is 42.6 Å². The standard InChI is InChI=1S/C14H14N4O/c1-15-13-7-8-14-16-9-11(18(14)17-13)10-5-3-4-6-12(10)19-2/h3-9H,1-2H3,(H,15,17). The second-order valence-electron chi connectivity index (χ2n) is 4.08. The minimum Gasteiger partial charge on any atom is -0.496 e. The second-order valence-corrected chi connectivity index (χ2v) is 4.08. The maximum Gasteiger partial charge on any atom is 0.154 e. The van der Waals surface area contributed by atoms with Crippen molar-refractivity contribution in [3.63, 3.8) is 0 Å². The molecule has 3 rings (SSSR count). The van der Waals surface area contributed by atoms with Crippen LogP contribution in [0.1, 0.15) is 0 Å². The molecule has 2 heterocycles. The predicted molar refractivity (Wildman–Crippen MR) is 74.5 cm³/mol. The molecule has 2 aromatic heterocycles. The number of aromatic nitrogens is 3. The summed E-state index contributed by atoms with van der Waals surface area (Å²) in [6.45, 7) is 0. The molecule has 0 saturated carbocycles. The van der Waals surface area contributed by atoms with Gasteiger partial charge in [-0.15, -0.1) is 5.10 Å². The van der Waals surface area contributed by atoms with Gasteiger partial charge in [-0.3, -0.25) is 0 Å². The number of nitrogens with one attached hydrogen (secondary N) is 1. The second kappa shape index (κ2) is 4.61. The fourth-order valence-corrected chi connectivity index (χ4v) is 2.05. The normalized spacial score (nSPS) is 10.6. The first-order chi connectivity index (χ1) is 9.33. The molecule has 5 nitrogen and oxygen atoms in total. The van der Waals surface area contributed by atoms with Crippen molar-refractivity contribution in [2.75, 3.05) is 19.5 Å². The first-order valence-corrected chi connectivity index (χ1v) is 5.99. The lowest BCUT2D eigenvalue weighted by Gasteiger charge is -2.07. The Morgan fingerprint density at radius 3 is 2.79 bits per heavy atom. The number of hydrogen-bond acceptors (Lipinski definition) is 4. The Labute approximate surface area is 110 Å². The van der Waals surface area contributed by atoms with Crippen LogP contribution in [0.2, 0.25) is 0 Å². The van der Waals surface area contributed by atoms with Crippen LogP contribution in [0.25, 0.3) is 16.9 Å². The number of para-hydroxylation sites is 1. The number of anilines is 1. The highest BCUT2D eigenvalue weighted by Crippen LogP contribution is 2.29. The average molecular weight is 254 g/mol. The predicted octanol–water partition coefficient (Wildman–Crippen LogP) is 2.45. The summed E-state index contributed by atoms with van der Waals surface area (Å²) in [5.74, 6) is 1.60. The van der Waals surface area contributed by atoms with E-state index in [0.29, 0.717) is 0 Å². The number of hydrogen-bond donors (Lipinski definition) is 1. The number of methoxy groups -OCH3 is 1. The molecule has 0 atom stereocenters. The summed E-state index contributed by atoms with van der Waals surface area (Å²) in [6.07, 6.45) is 1.81. The average Bonchev–Trinajstić information content (AvgIpc) is 2.89. The Morgan fingerprint density at radius 1 is 1.16 bits per heavy atom. The first kappa shape index (κ1) is 11.5. The van der Waals surface area contributed by atoms with Gasteiger partial charge in [0.05, 0.1) is 19.0 Å². The number of nitrogens with zero attached hydrogens (tertiary/aromatic N) is 3. The monoisotopic (exact) mass is 254 g/mol. The van der Waals surface area contributed by atoms with E-state index in [2.05, 4.69) is 15.4 Å². The number of fused-ring (bicyclic) bond motifs is 1. The number of benzene rings is 1. The third kappa shape index (κ3) is 1.89. The van der Waals surface area contributed by atoms with Crippen molar-refractivity contribution < 1.29 is 4.74 Å². The molecule has 0 radical (unpaired) electrons. The van der Waals surface area contributed by atoms with Crippen molar-refractivity contribution in [3.05, 3.63) is 42.6 Å². The van der Waals surface area contributed by atoms with Crippen LogP contribution >= 0.6 is 0 Å². The van der Waals surface area contributed by atoms with Crippen molar-refractivity contribution in [2.45, 2.75) is 0 Å². The lowest BCUT2D eigenvalue weighted by Crippen LogP contribution is -2.00. The van der Waals surface area contributed by atoms with Crippen molar-refractivity contribution in [2.24, 2.45) is 0 Å². The Morgan fingerprint density at radius 2 is 2.00 bits per heavy atom. The van der Waals surface area contributed by atoms with E-state index in [4.69, 9.17) is 4.74 Å². The van der Waals surface area contributed by atoms with Crippen LogP contribution in [0, 0.1) is 0 Å². The molecular formula is C14H14N4O. The quantitative estimate of drug-likeness (QED) is 0.780. The zero-order valence-corrected chi connectivity index (χ0v) is 10.8. The van der Waals surface area contributed by atoms with Crippen LogP contribution < -0.4 is 10.1 Å². The zero-order chi connectivity index (χ0) is 13.2. The van der Waals surface area contributed by atoms with E-state index in [1.807, 2.05) is 48.0 Å².